The summed E-state index contributed by atoms with van der Waals surface area (Å²) in [5.41, 5.74) is 1.02. The Morgan fingerprint density at radius 1 is 1.41 bits per heavy atom. The number of carbonyl (C=O) groups is 1. The number of hydrogen-bond donors (Lipinski definition) is 2. The molecule has 0 spiro atoms. The van der Waals surface area contributed by atoms with E-state index in [1.165, 1.54) is 0 Å². The first-order valence-corrected chi connectivity index (χ1v) is 5.59. The van der Waals surface area contributed by atoms with Crippen molar-refractivity contribution in [2.75, 3.05) is 11.9 Å². The minimum atomic E-state index is -0.957. The largest absolute Gasteiger partial charge is 0.478 e. The molecule has 1 aromatic heterocycles. The van der Waals surface area contributed by atoms with Crippen molar-refractivity contribution >= 4 is 22.7 Å². The van der Waals surface area contributed by atoms with E-state index in [9.17, 15) is 4.79 Å². The fourth-order valence-corrected chi connectivity index (χ4v) is 1.66. The topological polar surface area (TPSA) is 62.2 Å². The predicted molar refractivity (Wildman–Crippen MR) is 67.5 cm³/mol. The van der Waals surface area contributed by atoms with Crippen LogP contribution < -0.4 is 5.32 Å². The average molecular weight is 230 g/mol. The number of para-hydroxylation sites is 1. The molecule has 0 aliphatic heterocycles. The minimum Gasteiger partial charge on any atom is -0.478 e. The highest BCUT2D eigenvalue weighted by atomic mass is 16.4. The molecule has 0 unspecified atom stereocenters. The Hall–Kier alpha value is -2.10. The van der Waals surface area contributed by atoms with Crippen molar-refractivity contribution in [3.63, 3.8) is 0 Å². The number of nitrogens with zero attached hydrogens (tertiary/aromatic N) is 1. The molecule has 0 atom stereocenters. The van der Waals surface area contributed by atoms with Crippen LogP contribution >= 0.6 is 0 Å². The molecular weight excluding hydrogens is 216 g/mol. The van der Waals surface area contributed by atoms with Crippen molar-refractivity contribution in [3.8, 4) is 0 Å². The fraction of sp³-hybridized carbons (Fsp3) is 0.231. The van der Waals surface area contributed by atoms with Crippen LogP contribution in [0.15, 0.2) is 30.3 Å². The summed E-state index contributed by atoms with van der Waals surface area (Å²) >= 11 is 0. The van der Waals surface area contributed by atoms with E-state index in [0.717, 1.165) is 17.3 Å². The molecule has 2 aromatic rings. The average Bonchev–Trinajstić information content (AvgIpc) is 2.35. The molecule has 17 heavy (non-hydrogen) atoms. The van der Waals surface area contributed by atoms with E-state index in [1.807, 2.05) is 31.2 Å². The van der Waals surface area contributed by atoms with E-state index in [4.69, 9.17) is 5.11 Å². The van der Waals surface area contributed by atoms with E-state index < -0.39 is 5.97 Å². The Balaban J connectivity index is 2.54. The molecule has 0 aliphatic rings. The molecule has 4 nitrogen and oxygen atoms in total. The SMILES string of the molecule is CCCNc1nc2ccccc2cc1C(=O)O. The summed E-state index contributed by atoms with van der Waals surface area (Å²) < 4.78 is 0. The number of aromatic nitrogens is 1. The highest BCUT2D eigenvalue weighted by Crippen LogP contribution is 2.20. The van der Waals surface area contributed by atoms with Gasteiger partial charge >= 0.3 is 5.97 Å². The van der Waals surface area contributed by atoms with Gasteiger partial charge in [-0.1, -0.05) is 25.1 Å². The van der Waals surface area contributed by atoms with Crippen LogP contribution in [0.5, 0.6) is 0 Å². The molecule has 0 saturated carbocycles. The van der Waals surface area contributed by atoms with Crippen LogP contribution in [-0.4, -0.2) is 22.6 Å². The van der Waals surface area contributed by atoms with Gasteiger partial charge in [0.15, 0.2) is 0 Å². The molecule has 1 heterocycles. The van der Waals surface area contributed by atoms with Crippen molar-refractivity contribution in [2.24, 2.45) is 0 Å². The lowest BCUT2D eigenvalue weighted by atomic mass is 10.1. The van der Waals surface area contributed by atoms with E-state index in [0.29, 0.717) is 12.4 Å². The van der Waals surface area contributed by atoms with Crippen molar-refractivity contribution in [1.29, 1.82) is 0 Å². The van der Waals surface area contributed by atoms with Gasteiger partial charge in [-0.25, -0.2) is 9.78 Å². The maximum atomic E-state index is 11.1. The third-order valence-electron chi connectivity index (χ3n) is 2.50. The Morgan fingerprint density at radius 3 is 2.88 bits per heavy atom. The first-order valence-electron chi connectivity index (χ1n) is 5.59. The lowest BCUT2D eigenvalue weighted by Gasteiger charge is -2.09. The molecule has 2 rings (SSSR count). The van der Waals surface area contributed by atoms with Crippen LogP contribution in [0, 0.1) is 0 Å². The Kier molecular flexibility index (Phi) is 3.23. The summed E-state index contributed by atoms with van der Waals surface area (Å²) in [6, 6.07) is 9.15. The lowest BCUT2D eigenvalue weighted by Crippen LogP contribution is -2.09. The molecule has 88 valence electrons. The third-order valence-corrected chi connectivity index (χ3v) is 2.50. The molecule has 4 heteroatoms. The number of anilines is 1. The molecule has 2 N–H and O–H groups in total. The van der Waals surface area contributed by atoms with Crippen LogP contribution in [0.1, 0.15) is 23.7 Å². The number of nitrogens with one attached hydrogen (secondary N) is 1. The predicted octanol–water partition coefficient (Wildman–Crippen LogP) is 2.75. The Morgan fingerprint density at radius 2 is 2.18 bits per heavy atom. The zero-order valence-electron chi connectivity index (χ0n) is 9.60. The van der Waals surface area contributed by atoms with E-state index >= 15 is 0 Å². The zero-order chi connectivity index (χ0) is 12.3. The van der Waals surface area contributed by atoms with Crippen molar-refractivity contribution in [3.05, 3.63) is 35.9 Å². The van der Waals surface area contributed by atoms with Crippen molar-refractivity contribution in [2.45, 2.75) is 13.3 Å². The second kappa shape index (κ2) is 4.82. The molecule has 0 fully saturated rings. The Bertz CT molecular complexity index is 552. The fourth-order valence-electron chi connectivity index (χ4n) is 1.66. The summed E-state index contributed by atoms with van der Waals surface area (Å²) in [5, 5.41) is 13.0. The zero-order valence-corrected chi connectivity index (χ0v) is 9.60. The second-order valence-electron chi connectivity index (χ2n) is 3.81. The molecule has 0 amide bonds. The van der Waals surface area contributed by atoms with Gasteiger partial charge in [-0.05, 0) is 18.6 Å². The molecule has 0 bridgehead atoms. The first kappa shape index (κ1) is 11.4. The van der Waals surface area contributed by atoms with Crippen LogP contribution in [-0.2, 0) is 0 Å². The smallest absolute Gasteiger partial charge is 0.339 e. The maximum absolute atomic E-state index is 11.1. The van der Waals surface area contributed by atoms with Crippen LogP contribution in [0.2, 0.25) is 0 Å². The number of carboxylic acid groups (broad SMARTS) is 1. The van der Waals surface area contributed by atoms with Gasteiger partial charge in [-0.2, -0.15) is 0 Å². The van der Waals surface area contributed by atoms with Gasteiger partial charge in [0.1, 0.15) is 11.4 Å². The number of hydrogen-bond acceptors (Lipinski definition) is 3. The third kappa shape index (κ3) is 2.36. The van der Waals surface area contributed by atoms with Gasteiger partial charge < -0.3 is 10.4 Å². The summed E-state index contributed by atoms with van der Waals surface area (Å²) in [5.74, 6) is -0.514. The normalized spacial score (nSPS) is 10.4. The quantitative estimate of drug-likeness (QED) is 0.847. The molecule has 0 aliphatic carbocycles. The summed E-state index contributed by atoms with van der Waals surface area (Å²) in [6.45, 7) is 2.74. The van der Waals surface area contributed by atoms with Gasteiger partial charge in [0.2, 0.25) is 0 Å². The highest BCUT2D eigenvalue weighted by Gasteiger charge is 2.12. The monoisotopic (exact) mass is 230 g/mol. The van der Waals surface area contributed by atoms with Crippen molar-refractivity contribution in [1.82, 2.24) is 4.98 Å². The van der Waals surface area contributed by atoms with Crippen LogP contribution in [0.4, 0.5) is 5.82 Å². The summed E-state index contributed by atoms with van der Waals surface area (Å²) in [7, 11) is 0. The Labute approximate surface area is 99.3 Å². The van der Waals surface area contributed by atoms with Gasteiger partial charge in [0, 0.05) is 11.9 Å². The number of fused-ring (bicyclic) bond motifs is 1. The molecule has 0 radical (unpaired) electrons. The number of benzene rings is 1. The minimum absolute atomic E-state index is 0.220. The number of carboxylic acids is 1. The first-order chi connectivity index (χ1) is 8.22. The van der Waals surface area contributed by atoms with E-state index in [2.05, 4.69) is 10.3 Å². The lowest BCUT2D eigenvalue weighted by molar-refractivity contribution is 0.0698. The molecule has 1 aromatic carbocycles. The van der Waals surface area contributed by atoms with Crippen molar-refractivity contribution < 1.29 is 9.90 Å². The van der Waals surface area contributed by atoms with Gasteiger partial charge in [0.05, 0.1) is 5.52 Å². The number of pyridine rings is 1. The molecule has 0 saturated heterocycles. The standard InChI is InChI=1S/C13H14N2O2/c1-2-7-14-12-10(13(16)17)8-9-5-3-4-6-11(9)15-12/h3-6,8H,2,7H2,1H3,(H,14,15)(H,16,17). The van der Waals surface area contributed by atoms with E-state index in [1.54, 1.807) is 6.07 Å². The van der Waals surface area contributed by atoms with E-state index in [-0.39, 0.29) is 5.56 Å². The van der Waals surface area contributed by atoms with Gasteiger partial charge in [-0.15, -0.1) is 0 Å². The summed E-state index contributed by atoms with van der Waals surface area (Å²) in [4.78, 5) is 15.5. The van der Waals surface area contributed by atoms with Crippen LogP contribution in [0.25, 0.3) is 10.9 Å². The maximum Gasteiger partial charge on any atom is 0.339 e. The van der Waals surface area contributed by atoms with Crippen LogP contribution in [0.3, 0.4) is 0 Å². The highest BCUT2D eigenvalue weighted by molar-refractivity contribution is 5.98. The molecular formula is C13H14N2O2. The summed E-state index contributed by atoms with van der Waals surface area (Å²) in [6.07, 6.45) is 0.924. The second-order valence-corrected chi connectivity index (χ2v) is 3.81. The van der Waals surface area contributed by atoms with Gasteiger partial charge in [-0.3, -0.25) is 0 Å². The number of aromatic carboxylic acids is 1. The number of rotatable bonds is 4. The van der Waals surface area contributed by atoms with Gasteiger partial charge in [0.25, 0.3) is 0 Å².